The summed E-state index contributed by atoms with van der Waals surface area (Å²) >= 11 is 0. The Bertz CT molecular complexity index is 468. The predicted molar refractivity (Wildman–Crippen MR) is 78.0 cm³/mol. The largest absolute Gasteiger partial charge is 0.464 e. The highest BCUT2D eigenvalue weighted by Crippen LogP contribution is 2.30. The third-order valence-electron chi connectivity index (χ3n) is 3.88. The maximum absolute atomic E-state index is 11.9. The van der Waals surface area contributed by atoms with Gasteiger partial charge >= 0.3 is 6.03 Å². The van der Waals surface area contributed by atoms with E-state index in [1.807, 2.05) is 19.1 Å². The second kappa shape index (κ2) is 6.95. The van der Waals surface area contributed by atoms with Gasteiger partial charge in [0.1, 0.15) is 17.6 Å². The van der Waals surface area contributed by atoms with E-state index in [2.05, 4.69) is 10.6 Å². The second-order valence-corrected chi connectivity index (χ2v) is 5.57. The number of urea groups is 1. The summed E-state index contributed by atoms with van der Waals surface area (Å²) in [5.41, 5.74) is -0.728. The van der Waals surface area contributed by atoms with Crippen LogP contribution in [0.1, 0.15) is 43.7 Å². The van der Waals surface area contributed by atoms with Gasteiger partial charge in [0.15, 0.2) is 0 Å². The first-order valence-corrected chi connectivity index (χ1v) is 7.40. The number of amides is 2. The molecule has 0 spiro atoms. The molecule has 1 saturated carbocycles. The number of carbonyl (C=O) groups is 1. The highest BCUT2D eigenvalue weighted by Gasteiger charge is 2.34. The minimum Gasteiger partial charge on any atom is -0.464 e. The van der Waals surface area contributed by atoms with Gasteiger partial charge in [0, 0.05) is 20.1 Å². The lowest BCUT2D eigenvalue weighted by Gasteiger charge is -2.36. The zero-order valence-corrected chi connectivity index (χ0v) is 12.6. The predicted octanol–water partition coefficient (Wildman–Crippen LogP) is 1.74. The SMILES string of the molecule is CCc1ccc(C(COC)NC(=O)NCC2(O)CCC2)o1. The van der Waals surface area contributed by atoms with E-state index in [1.54, 1.807) is 7.11 Å². The van der Waals surface area contributed by atoms with Crippen LogP contribution in [-0.4, -0.2) is 37.0 Å². The molecule has 0 radical (unpaired) electrons. The first-order valence-electron chi connectivity index (χ1n) is 7.40. The van der Waals surface area contributed by atoms with E-state index < -0.39 is 5.60 Å². The zero-order chi connectivity index (χ0) is 15.3. The van der Waals surface area contributed by atoms with Crippen LogP contribution in [0.4, 0.5) is 4.79 Å². The minimum absolute atomic E-state index is 0.275. The average molecular weight is 296 g/mol. The fourth-order valence-electron chi connectivity index (χ4n) is 2.35. The fraction of sp³-hybridized carbons (Fsp3) is 0.667. The number of carbonyl (C=O) groups excluding carboxylic acids is 1. The van der Waals surface area contributed by atoms with Gasteiger partial charge in [0.2, 0.25) is 0 Å². The van der Waals surface area contributed by atoms with Gasteiger partial charge in [-0.15, -0.1) is 0 Å². The smallest absolute Gasteiger partial charge is 0.315 e. The van der Waals surface area contributed by atoms with E-state index in [0.29, 0.717) is 12.4 Å². The Morgan fingerprint density at radius 1 is 1.52 bits per heavy atom. The second-order valence-electron chi connectivity index (χ2n) is 5.57. The van der Waals surface area contributed by atoms with E-state index in [0.717, 1.165) is 31.4 Å². The molecule has 1 aromatic heterocycles. The van der Waals surface area contributed by atoms with E-state index in [9.17, 15) is 9.90 Å². The molecule has 21 heavy (non-hydrogen) atoms. The summed E-state index contributed by atoms with van der Waals surface area (Å²) < 4.78 is 10.8. The number of rotatable bonds is 7. The normalized spacial score (nSPS) is 17.9. The molecule has 2 rings (SSSR count). The van der Waals surface area contributed by atoms with Crippen molar-refractivity contribution in [2.75, 3.05) is 20.3 Å². The molecule has 3 N–H and O–H groups in total. The Morgan fingerprint density at radius 2 is 2.29 bits per heavy atom. The highest BCUT2D eigenvalue weighted by molar-refractivity contribution is 5.74. The number of aryl methyl sites for hydroxylation is 1. The molecule has 1 unspecified atom stereocenters. The lowest BCUT2D eigenvalue weighted by Crippen LogP contribution is -2.50. The van der Waals surface area contributed by atoms with Gasteiger partial charge in [-0.2, -0.15) is 0 Å². The number of aliphatic hydroxyl groups is 1. The molecule has 118 valence electrons. The molecule has 0 aliphatic heterocycles. The maximum Gasteiger partial charge on any atom is 0.315 e. The van der Waals surface area contributed by atoms with Crippen molar-refractivity contribution in [2.45, 2.75) is 44.2 Å². The molecule has 0 aromatic carbocycles. The summed E-state index contributed by atoms with van der Waals surface area (Å²) in [4.78, 5) is 11.9. The number of methoxy groups -OCH3 is 1. The van der Waals surface area contributed by atoms with Crippen LogP contribution in [0.2, 0.25) is 0 Å². The van der Waals surface area contributed by atoms with Crippen molar-refractivity contribution in [1.29, 1.82) is 0 Å². The van der Waals surface area contributed by atoms with Crippen molar-refractivity contribution in [3.63, 3.8) is 0 Å². The molecule has 1 aromatic rings. The van der Waals surface area contributed by atoms with Gasteiger partial charge in [0.25, 0.3) is 0 Å². The standard InChI is InChI=1S/C15H24N2O4/c1-3-11-5-6-13(21-11)12(9-20-2)17-14(18)16-10-15(19)7-4-8-15/h5-6,12,19H,3-4,7-10H2,1-2H3,(H2,16,17,18). The molecule has 2 amide bonds. The van der Waals surface area contributed by atoms with Gasteiger partial charge in [-0.05, 0) is 31.4 Å². The Morgan fingerprint density at radius 3 is 2.81 bits per heavy atom. The summed E-state index contributed by atoms with van der Waals surface area (Å²) in [6, 6.07) is 3.08. The summed E-state index contributed by atoms with van der Waals surface area (Å²) in [5, 5.41) is 15.5. The summed E-state index contributed by atoms with van der Waals surface area (Å²) in [5.74, 6) is 1.54. The van der Waals surface area contributed by atoms with E-state index in [4.69, 9.17) is 9.15 Å². The maximum atomic E-state index is 11.9. The monoisotopic (exact) mass is 296 g/mol. The van der Waals surface area contributed by atoms with Crippen molar-refractivity contribution < 1.29 is 19.1 Å². The average Bonchev–Trinajstić information content (AvgIpc) is 2.91. The van der Waals surface area contributed by atoms with Gasteiger partial charge < -0.3 is 24.9 Å². The number of hydrogen-bond donors (Lipinski definition) is 3. The molecular formula is C15H24N2O4. The summed E-state index contributed by atoms with van der Waals surface area (Å²) in [6.07, 6.45) is 3.30. The Hall–Kier alpha value is -1.53. The van der Waals surface area contributed by atoms with Crippen molar-refractivity contribution in [2.24, 2.45) is 0 Å². The van der Waals surface area contributed by atoms with Crippen molar-refractivity contribution >= 4 is 6.03 Å². The van der Waals surface area contributed by atoms with E-state index >= 15 is 0 Å². The number of nitrogens with one attached hydrogen (secondary N) is 2. The van der Waals surface area contributed by atoms with Crippen molar-refractivity contribution in [3.8, 4) is 0 Å². The molecule has 6 nitrogen and oxygen atoms in total. The molecular weight excluding hydrogens is 272 g/mol. The molecule has 0 bridgehead atoms. The molecule has 1 atom stereocenters. The third kappa shape index (κ3) is 4.22. The van der Waals surface area contributed by atoms with Gasteiger partial charge in [-0.25, -0.2) is 4.79 Å². The lowest BCUT2D eigenvalue weighted by atomic mass is 9.80. The van der Waals surface area contributed by atoms with Gasteiger partial charge in [-0.3, -0.25) is 0 Å². The molecule has 6 heteroatoms. The van der Waals surface area contributed by atoms with Crippen LogP contribution in [-0.2, 0) is 11.2 Å². The number of hydrogen-bond acceptors (Lipinski definition) is 4. The van der Waals surface area contributed by atoms with Crippen LogP contribution >= 0.6 is 0 Å². The number of ether oxygens (including phenoxy) is 1. The van der Waals surface area contributed by atoms with Crippen LogP contribution in [0.3, 0.4) is 0 Å². The first-order chi connectivity index (χ1) is 10.1. The molecule has 1 fully saturated rings. The topological polar surface area (TPSA) is 83.7 Å². The zero-order valence-electron chi connectivity index (χ0n) is 12.6. The number of furan rings is 1. The van der Waals surface area contributed by atoms with Crippen molar-refractivity contribution in [3.05, 3.63) is 23.7 Å². The molecule has 0 saturated heterocycles. The van der Waals surface area contributed by atoms with E-state index in [1.165, 1.54) is 0 Å². The van der Waals surface area contributed by atoms with Crippen molar-refractivity contribution in [1.82, 2.24) is 10.6 Å². The Kier molecular flexibility index (Phi) is 5.25. The minimum atomic E-state index is -0.728. The lowest BCUT2D eigenvalue weighted by molar-refractivity contribution is -0.0291. The van der Waals surface area contributed by atoms with E-state index in [-0.39, 0.29) is 18.6 Å². The van der Waals surface area contributed by atoms with Crippen LogP contribution < -0.4 is 10.6 Å². The van der Waals surface area contributed by atoms with Gasteiger partial charge in [-0.1, -0.05) is 6.92 Å². The summed E-state index contributed by atoms with van der Waals surface area (Å²) in [6.45, 7) is 2.61. The Balaban J connectivity index is 1.87. The molecule has 1 aliphatic carbocycles. The first kappa shape index (κ1) is 15.9. The van der Waals surface area contributed by atoms with Crippen LogP contribution in [0.5, 0.6) is 0 Å². The van der Waals surface area contributed by atoms with Crippen LogP contribution in [0, 0.1) is 0 Å². The van der Waals surface area contributed by atoms with Crippen LogP contribution in [0.15, 0.2) is 16.5 Å². The fourth-order valence-corrected chi connectivity index (χ4v) is 2.35. The van der Waals surface area contributed by atoms with Crippen LogP contribution in [0.25, 0.3) is 0 Å². The summed E-state index contributed by atoms with van der Waals surface area (Å²) in [7, 11) is 1.58. The quantitative estimate of drug-likeness (QED) is 0.715. The highest BCUT2D eigenvalue weighted by atomic mass is 16.5. The third-order valence-corrected chi connectivity index (χ3v) is 3.88. The van der Waals surface area contributed by atoms with Gasteiger partial charge in [0.05, 0.1) is 12.2 Å². The molecule has 1 heterocycles. The molecule has 1 aliphatic rings. The Labute approximate surface area is 124 Å².